The minimum absolute atomic E-state index is 0.0263. The van der Waals surface area contributed by atoms with Crippen molar-refractivity contribution in [3.63, 3.8) is 0 Å². The minimum atomic E-state index is -3.69. The molecule has 0 unspecified atom stereocenters. The Morgan fingerprint density at radius 3 is 1.44 bits per heavy atom. The van der Waals surface area contributed by atoms with Gasteiger partial charge in [0, 0.05) is 18.3 Å². The highest BCUT2D eigenvalue weighted by Gasteiger charge is 2.26. The van der Waals surface area contributed by atoms with Crippen molar-refractivity contribution >= 4 is 31.9 Å². The molecule has 2 saturated carbocycles. The Labute approximate surface area is 357 Å². The van der Waals surface area contributed by atoms with Crippen molar-refractivity contribution in [3.8, 4) is 0 Å². The lowest BCUT2D eigenvalue weighted by Gasteiger charge is -2.22. The van der Waals surface area contributed by atoms with Gasteiger partial charge >= 0.3 is 5.97 Å². The van der Waals surface area contributed by atoms with Crippen molar-refractivity contribution in [3.05, 3.63) is 84.1 Å². The van der Waals surface area contributed by atoms with Gasteiger partial charge in [-0.05, 0) is 48.9 Å². The number of sulfonamides is 2. The summed E-state index contributed by atoms with van der Waals surface area (Å²) in [4.78, 5) is 31.9. The highest BCUT2D eigenvalue weighted by molar-refractivity contribution is 7.89. The van der Waals surface area contributed by atoms with Gasteiger partial charge in [0.2, 0.25) is 37.7 Å². The van der Waals surface area contributed by atoms with Gasteiger partial charge in [-0.3, -0.25) is 14.8 Å². The molecule has 6 rings (SSSR count). The normalized spacial score (nSPS) is 16.3. The van der Waals surface area contributed by atoms with E-state index >= 15 is 0 Å². The highest BCUT2D eigenvalue weighted by Crippen LogP contribution is 2.32. The molecule has 17 nitrogen and oxygen atoms in total. The first kappa shape index (κ1) is 47.5. The number of carbonyl (C=O) groups is 2. The third kappa shape index (κ3) is 16.0. The van der Waals surface area contributed by atoms with Crippen molar-refractivity contribution in [2.75, 3.05) is 0 Å². The third-order valence-corrected chi connectivity index (χ3v) is 14.2. The van der Waals surface area contributed by atoms with Crippen LogP contribution in [0, 0.1) is 11.8 Å². The average Bonchev–Trinajstić information content (AvgIpc) is 3.96. The van der Waals surface area contributed by atoms with Gasteiger partial charge in [0.05, 0.1) is 29.3 Å². The van der Waals surface area contributed by atoms with Crippen LogP contribution in [0.2, 0.25) is 0 Å². The largest absolute Gasteiger partial charge is 0.481 e. The summed E-state index contributed by atoms with van der Waals surface area (Å²) in [6.07, 6.45) is 18.1. The Morgan fingerprint density at radius 1 is 0.639 bits per heavy atom. The molecule has 19 heteroatoms. The average molecular weight is 886 g/mol. The van der Waals surface area contributed by atoms with Crippen molar-refractivity contribution in [2.45, 2.75) is 150 Å². The van der Waals surface area contributed by atoms with E-state index in [2.05, 4.69) is 29.7 Å². The lowest BCUT2D eigenvalue weighted by atomic mass is 9.84. The maximum Gasteiger partial charge on any atom is 0.304 e. The van der Waals surface area contributed by atoms with Crippen LogP contribution in [0.3, 0.4) is 0 Å². The molecule has 2 fully saturated rings. The standard InChI is InChI=1S/C21H30N4O5S.C21H29N3O5S/c26-20(24-27)14-17(11-7-10-16-8-3-1-4-9-16)21-23-19(25-30-21)15-22-31(28,29)18-12-5-2-6-13-18;25-20(26)14-17(11-7-10-16-8-3-1-4-9-16)21-23-19(24-29-21)15-22-30(27,28)18-12-5-2-6-13-18/h2,5-6,12-13,16-17,22,27H,1,3-4,7-11,14-15H2,(H,24,26);2,5-6,12-13,16-17,22H,1,3-4,7-11,14-15H2,(H,25,26)/t2*17-/m11/s1. The zero-order valence-electron chi connectivity index (χ0n) is 34.5. The van der Waals surface area contributed by atoms with E-state index in [9.17, 15) is 31.5 Å². The maximum atomic E-state index is 12.3. The van der Waals surface area contributed by atoms with Gasteiger partial charge in [0.25, 0.3) is 0 Å². The van der Waals surface area contributed by atoms with E-state index in [1.54, 1.807) is 41.9 Å². The fourth-order valence-corrected chi connectivity index (χ4v) is 10.1. The van der Waals surface area contributed by atoms with E-state index in [4.69, 9.17) is 14.3 Å². The number of carbonyl (C=O) groups excluding carboxylic acids is 1. The predicted molar refractivity (Wildman–Crippen MR) is 223 cm³/mol. The Hall–Kier alpha value is -4.56. The second-order valence-electron chi connectivity index (χ2n) is 16.0. The van der Waals surface area contributed by atoms with Gasteiger partial charge in [0.1, 0.15) is 0 Å². The molecular formula is C42H59N7O10S2. The molecule has 0 saturated heterocycles. The van der Waals surface area contributed by atoms with E-state index in [-0.39, 0.29) is 71.0 Å². The number of amides is 1. The number of nitrogens with one attached hydrogen (secondary N) is 3. The smallest absolute Gasteiger partial charge is 0.304 e. The van der Waals surface area contributed by atoms with Gasteiger partial charge in [0.15, 0.2) is 11.6 Å². The molecule has 2 aromatic heterocycles. The van der Waals surface area contributed by atoms with Crippen LogP contribution in [-0.2, 0) is 42.7 Å². The number of aliphatic carboxylic acids is 1. The van der Waals surface area contributed by atoms with Crippen LogP contribution >= 0.6 is 0 Å². The zero-order valence-corrected chi connectivity index (χ0v) is 36.1. The second kappa shape index (κ2) is 24.2. The number of hydrogen-bond donors (Lipinski definition) is 5. The van der Waals surface area contributed by atoms with E-state index in [1.807, 2.05) is 0 Å². The van der Waals surface area contributed by atoms with Gasteiger partial charge in [-0.15, -0.1) is 0 Å². The quantitative estimate of drug-likeness (QED) is 0.0389. The summed E-state index contributed by atoms with van der Waals surface area (Å²) in [5.74, 6) is 0.247. The van der Waals surface area contributed by atoms with Gasteiger partial charge in [-0.2, -0.15) is 9.97 Å². The highest BCUT2D eigenvalue weighted by atomic mass is 32.2. The molecule has 0 spiro atoms. The van der Waals surface area contributed by atoms with E-state index in [0.29, 0.717) is 12.8 Å². The molecule has 5 N–H and O–H groups in total. The van der Waals surface area contributed by atoms with Crippen LogP contribution in [0.1, 0.15) is 151 Å². The predicted octanol–water partition coefficient (Wildman–Crippen LogP) is 7.13. The number of rotatable bonds is 22. The van der Waals surface area contributed by atoms with Crippen LogP contribution in [-0.4, -0.2) is 59.3 Å². The molecule has 2 aromatic carbocycles. The second-order valence-corrected chi connectivity index (χ2v) is 19.5. The van der Waals surface area contributed by atoms with Gasteiger partial charge in [-0.25, -0.2) is 31.8 Å². The minimum Gasteiger partial charge on any atom is -0.481 e. The van der Waals surface area contributed by atoms with Crippen molar-refractivity contribution in [2.24, 2.45) is 11.8 Å². The number of carboxylic acids is 1. The summed E-state index contributed by atoms with van der Waals surface area (Å²) in [6, 6.07) is 16.0. The first-order valence-corrected chi connectivity index (χ1v) is 24.3. The van der Waals surface area contributed by atoms with Crippen LogP contribution in [0.15, 0.2) is 79.5 Å². The Balaban J connectivity index is 0.000000231. The Kier molecular flexibility index (Phi) is 18.8. The fraction of sp³-hybridized carbons (Fsp3) is 0.571. The van der Waals surface area contributed by atoms with Crippen molar-refractivity contribution in [1.82, 2.24) is 35.2 Å². The molecule has 61 heavy (non-hydrogen) atoms. The summed E-state index contributed by atoms with van der Waals surface area (Å²) in [5.41, 5.74) is 1.65. The third-order valence-electron chi connectivity index (χ3n) is 11.4. The summed E-state index contributed by atoms with van der Waals surface area (Å²) in [5, 5.41) is 25.8. The molecule has 1 amide bonds. The Bertz CT molecular complexity index is 2140. The first-order valence-electron chi connectivity index (χ1n) is 21.3. The van der Waals surface area contributed by atoms with Crippen LogP contribution in [0.25, 0.3) is 0 Å². The lowest BCUT2D eigenvalue weighted by Crippen LogP contribution is -2.24. The van der Waals surface area contributed by atoms with Gasteiger partial charge < -0.3 is 14.2 Å². The molecule has 4 aromatic rings. The number of hydrogen-bond acceptors (Lipinski definition) is 13. The van der Waals surface area contributed by atoms with Crippen molar-refractivity contribution < 1.29 is 45.8 Å². The summed E-state index contributed by atoms with van der Waals surface area (Å²) < 4.78 is 64.8. The van der Waals surface area contributed by atoms with Crippen LogP contribution in [0.5, 0.6) is 0 Å². The molecule has 2 atom stereocenters. The number of aromatic nitrogens is 4. The fourth-order valence-electron chi connectivity index (χ4n) is 8.06. The molecule has 2 aliphatic rings. The number of carboxylic acid groups (broad SMARTS) is 1. The van der Waals surface area contributed by atoms with Crippen molar-refractivity contribution in [1.29, 1.82) is 0 Å². The molecule has 0 radical (unpaired) electrons. The monoisotopic (exact) mass is 885 g/mol. The number of benzene rings is 2. The SMILES string of the molecule is O=C(C[C@@H](CCCC1CCCCC1)c1nc(CNS(=O)(=O)c2ccccc2)no1)NO.O=C(O)C[C@@H](CCCC1CCCCC1)c1nc(CNS(=O)(=O)c2ccccc2)no1. The lowest BCUT2D eigenvalue weighted by molar-refractivity contribution is -0.137. The topological polar surface area (TPSA) is 257 Å². The molecule has 2 heterocycles. The van der Waals surface area contributed by atoms with Gasteiger partial charge in [-0.1, -0.05) is 137 Å². The summed E-state index contributed by atoms with van der Waals surface area (Å²) in [6.45, 7) is -0.246. The molecular weight excluding hydrogens is 827 g/mol. The first-order chi connectivity index (χ1) is 29.4. The zero-order chi connectivity index (χ0) is 43.5. The number of nitrogens with zero attached hydrogens (tertiary/aromatic N) is 4. The summed E-state index contributed by atoms with van der Waals surface area (Å²) in [7, 11) is -7.37. The van der Waals surface area contributed by atoms with Crippen LogP contribution in [0.4, 0.5) is 0 Å². The molecule has 2 aliphatic carbocycles. The summed E-state index contributed by atoms with van der Waals surface area (Å²) >= 11 is 0. The molecule has 0 bridgehead atoms. The molecule has 334 valence electrons. The van der Waals surface area contributed by atoms with E-state index in [1.165, 1.54) is 88.5 Å². The number of hydroxylamine groups is 1. The Morgan fingerprint density at radius 2 is 1.05 bits per heavy atom. The van der Waals surface area contributed by atoms with E-state index < -0.39 is 31.9 Å². The maximum absolute atomic E-state index is 12.3. The van der Waals surface area contributed by atoms with Crippen LogP contribution < -0.4 is 14.9 Å². The van der Waals surface area contributed by atoms with E-state index in [0.717, 1.165) is 37.5 Å². The molecule has 0 aliphatic heterocycles.